The first-order valence-corrected chi connectivity index (χ1v) is 12.3. The van der Waals surface area contributed by atoms with E-state index >= 15 is 0 Å². The molecule has 0 radical (unpaired) electrons. The second-order valence-corrected chi connectivity index (χ2v) is 10.9. The van der Waals surface area contributed by atoms with E-state index < -0.39 is 28.9 Å². The molecule has 0 fully saturated rings. The van der Waals surface area contributed by atoms with Crippen molar-refractivity contribution in [1.82, 2.24) is 0 Å². The Morgan fingerprint density at radius 1 is 0.892 bits per heavy atom. The van der Waals surface area contributed by atoms with Gasteiger partial charge in [0.2, 0.25) is 0 Å². The lowest BCUT2D eigenvalue weighted by Gasteiger charge is -2.36. The SMILES string of the molecule is C=C(C)C(=O)Oc1ccc2c(c1)Oc1cc(OC(=O)C(C)(C)C)ccc1C21OC(=O)c2ccc(Br)cc21. The van der Waals surface area contributed by atoms with Gasteiger partial charge in [0.1, 0.15) is 23.0 Å². The summed E-state index contributed by atoms with van der Waals surface area (Å²) in [6, 6.07) is 15.1. The highest BCUT2D eigenvalue weighted by molar-refractivity contribution is 9.10. The van der Waals surface area contributed by atoms with Crippen LogP contribution in [-0.4, -0.2) is 17.9 Å². The summed E-state index contributed by atoms with van der Waals surface area (Å²) >= 11 is 3.50. The highest BCUT2D eigenvalue weighted by Gasteiger charge is 2.53. The highest BCUT2D eigenvalue weighted by atomic mass is 79.9. The van der Waals surface area contributed by atoms with E-state index in [-0.39, 0.29) is 17.1 Å². The lowest BCUT2D eigenvalue weighted by molar-refractivity contribution is -0.143. The first kappa shape index (κ1) is 24.8. The number of carbonyl (C=O) groups excluding carboxylic acids is 3. The lowest BCUT2D eigenvalue weighted by atomic mass is 9.77. The molecule has 1 unspecified atom stereocenters. The van der Waals surface area contributed by atoms with Crippen molar-refractivity contribution < 1.29 is 33.3 Å². The molecule has 2 aliphatic rings. The van der Waals surface area contributed by atoms with E-state index in [9.17, 15) is 14.4 Å². The topological polar surface area (TPSA) is 88.1 Å². The van der Waals surface area contributed by atoms with Crippen molar-refractivity contribution in [2.45, 2.75) is 33.3 Å². The number of halogens is 1. The van der Waals surface area contributed by atoms with Crippen molar-refractivity contribution in [2.75, 3.05) is 0 Å². The van der Waals surface area contributed by atoms with Gasteiger partial charge in [0.25, 0.3) is 0 Å². The van der Waals surface area contributed by atoms with Gasteiger partial charge in [0.15, 0.2) is 5.60 Å². The Balaban J connectivity index is 1.69. The Labute approximate surface area is 222 Å². The van der Waals surface area contributed by atoms with E-state index in [1.807, 2.05) is 6.07 Å². The molecule has 2 aliphatic heterocycles. The minimum absolute atomic E-state index is 0.236. The van der Waals surface area contributed by atoms with Gasteiger partial charge in [-0.1, -0.05) is 22.5 Å². The summed E-state index contributed by atoms with van der Waals surface area (Å²) < 4.78 is 24.1. The Morgan fingerprint density at radius 2 is 1.49 bits per heavy atom. The largest absolute Gasteiger partial charge is 0.456 e. The average molecular weight is 563 g/mol. The van der Waals surface area contributed by atoms with Crippen molar-refractivity contribution in [3.05, 3.63) is 93.5 Å². The summed E-state index contributed by atoms with van der Waals surface area (Å²) in [5.74, 6) is -0.310. The van der Waals surface area contributed by atoms with Crippen molar-refractivity contribution in [3.63, 3.8) is 0 Å². The number of benzene rings is 3. The van der Waals surface area contributed by atoms with Gasteiger partial charge < -0.3 is 18.9 Å². The van der Waals surface area contributed by atoms with Crippen LogP contribution in [0, 0.1) is 5.41 Å². The molecule has 1 spiro atoms. The maximum Gasteiger partial charge on any atom is 0.340 e. The monoisotopic (exact) mass is 562 g/mol. The molecule has 7 nitrogen and oxygen atoms in total. The summed E-state index contributed by atoms with van der Waals surface area (Å²) in [5, 5.41) is 0. The Morgan fingerprint density at radius 3 is 2.05 bits per heavy atom. The van der Waals surface area contributed by atoms with Gasteiger partial charge in [-0.3, -0.25) is 4.79 Å². The van der Waals surface area contributed by atoms with E-state index in [0.717, 1.165) is 4.47 Å². The summed E-state index contributed by atoms with van der Waals surface area (Å²) in [5.41, 5.74) is 0.370. The van der Waals surface area contributed by atoms with Gasteiger partial charge in [-0.25, -0.2) is 9.59 Å². The van der Waals surface area contributed by atoms with Crippen LogP contribution in [0.15, 0.2) is 71.2 Å². The summed E-state index contributed by atoms with van der Waals surface area (Å²) in [7, 11) is 0. The van der Waals surface area contributed by atoms with E-state index in [2.05, 4.69) is 22.5 Å². The summed E-state index contributed by atoms with van der Waals surface area (Å²) in [6.07, 6.45) is 0. The number of fused-ring (bicyclic) bond motifs is 6. The van der Waals surface area contributed by atoms with Crippen LogP contribution in [0.2, 0.25) is 0 Å². The first-order chi connectivity index (χ1) is 17.4. The standard InChI is InChI=1S/C29H23BrO7/c1-15(2)25(31)34-17-7-10-20-23(13-17)36-24-14-18(35-27(33)28(3,4)5)8-11-21(24)29(20)22-12-16(30)6-9-19(22)26(32)37-29/h6-14H,1H2,2-5H3. The second kappa shape index (κ2) is 8.59. The third-order valence-electron chi connectivity index (χ3n) is 6.09. The van der Waals surface area contributed by atoms with Crippen LogP contribution >= 0.6 is 15.9 Å². The Kier molecular flexibility index (Phi) is 5.75. The van der Waals surface area contributed by atoms with Gasteiger partial charge in [0, 0.05) is 38.9 Å². The zero-order valence-electron chi connectivity index (χ0n) is 20.6. The summed E-state index contributed by atoms with van der Waals surface area (Å²) in [4.78, 5) is 37.7. The molecule has 0 N–H and O–H groups in total. The molecule has 0 bridgehead atoms. The highest BCUT2D eigenvalue weighted by Crippen LogP contribution is 2.57. The minimum Gasteiger partial charge on any atom is -0.456 e. The molecule has 5 rings (SSSR count). The zero-order chi connectivity index (χ0) is 26.7. The van der Waals surface area contributed by atoms with Crippen LogP contribution in [0.25, 0.3) is 0 Å². The van der Waals surface area contributed by atoms with E-state index in [0.29, 0.717) is 33.8 Å². The molecule has 0 amide bonds. The molecule has 0 aromatic heterocycles. The molecule has 8 heteroatoms. The molecule has 188 valence electrons. The molecule has 2 heterocycles. The maximum atomic E-state index is 13.1. The van der Waals surface area contributed by atoms with Gasteiger partial charge >= 0.3 is 17.9 Å². The number of rotatable bonds is 3. The zero-order valence-corrected chi connectivity index (χ0v) is 22.2. The van der Waals surface area contributed by atoms with Crippen LogP contribution in [0.4, 0.5) is 0 Å². The lowest BCUT2D eigenvalue weighted by Crippen LogP contribution is -2.33. The predicted molar refractivity (Wildman–Crippen MR) is 138 cm³/mol. The Hall–Kier alpha value is -3.91. The number of esters is 3. The van der Waals surface area contributed by atoms with E-state index in [1.165, 1.54) is 0 Å². The molecule has 0 aliphatic carbocycles. The van der Waals surface area contributed by atoms with Crippen molar-refractivity contribution in [1.29, 1.82) is 0 Å². The van der Waals surface area contributed by atoms with Gasteiger partial charge in [-0.2, -0.15) is 0 Å². The smallest absolute Gasteiger partial charge is 0.340 e. The summed E-state index contributed by atoms with van der Waals surface area (Å²) in [6.45, 7) is 10.4. The molecular formula is C29H23BrO7. The molecule has 37 heavy (non-hydrogen) atoms. The number of carbonyl (C=O) groups is 3. The number of hydrogen-bond donors (Lipinski definition) is 0. The van der Waals surface area contributed by atoms with Crippen LogP contribution < -0.4 is 14.2 Å². The average Bonchev–Trinajstić information content (AvgIpc) is 3.10. The molecule has 3 aromatic carbocycles. The maximum absolute atomic E-state index is 13.1. The fourth-order valence-electron chi connectivity index (χ4n) is 4.24. The van der Waals surface area contributed by atoms with Crippen LogP contribution in [0.5, 0.6) is 23.0 Å². The normalized spacial score (nSPS) is 17.2. The van der Waals surface area contributed by atoms with Crippen molar-refractivity contribution in [3.8, 4) is 23.0 Å². The van der Waals surface area contributed by atoms with Crippen LogP contribution in [0.3, 0.4) is 0 Å². The quantitative estimate of drug-likeness (QED) is 0.206. The van der Waals surface area contributed by atoms with Gasteiger partial charge in [-0.05, 0) is 70.2 Å². The van der Waals surface area contributed by atoms with Crippen molar-refractivity contribution >= 4 is 33.8 Å². The molecule has 0 saturated carbocycles. The van der Waals surface area contributed by atoms with E-state index in [4.69, 9.17) is 18.9 Å². The fraction of sp³-hybridized carbons (Fsp3) is 0.207. The van der Waals surface area contributed by atoms with Crippen molar-refractivity contribution in [2.24, 2.45) is 5.41 Å². The number of ether oxygens (including phenoxy) is 4. The predicted octanol–water partition coefficient (Wildman–Crippen LogP) is 6.45. The minimum atomic E-state index is -1.33. The Bertz CT molecular complexity index is 1520. The van der Waals surface area contributed by atoms with Crippen LogP contribution in [-0.2, 0) is 19.9 Å². The van der Waals surface area contributed by atoms with E-state index in [1.54, 1.807) is 76.2 Å². The van der Waals surface area contributed by atoms with Crippen LogP contribution in [0.1, 0.15) is 54.7 Å². The third kappa shape index (κ3) is 4.11. The third-order valence-corrected chi connectivity index (χ3v) is 6.59. The molecule has 1 atom stereocenters. The van der Waals surface area contributed by atoms with Gasteiger partial charge in [-0.15, -0.1) is 0 Å². The van der Waals surface area contributed by atoms with Gasteiger partial charge in [0.05, 0.1) is 11.0 Å². The molecular weight excluding hydrogens is 540 g/mol. The second-order valence-electron chi connectivity index (χ2n) is 9.99. The molecule has 3 aromatic rings. The molecule has 0 saturated heterocycles. The fourth-order valence-corrected chi connectivity index (χ4v) is 4.60. The number of hydrogen-bond acceptors (Lipinski definition) is 7. The first-order valence-electron chi connectivity index (χ1n) is 11.5.